The van der Waals surface area contributed by atoms with Crippen molar-refractivity contribution in [2.75, 3.05) is 0 Å². The smallest absolute Gasteiger partial charge is 0.120 e. The summed E-state index contributed by atoms with van der Waals surface area (Å²) in [7, 11) is -1.30. The van der Waals surface area contributed by atoms with Crippen LogP contribution in [0.5, 0.6) is 0 Å². The lowest BCUT2D eigenvalue weighted by Gasteiger charge is -1.69. The van der Waals surface area contributed by atoms with Crippen LogP contribution in [0.25, 0.3) is 0 Å². The highest BCUT2D eigenvalue weighted by Gasteiger charge is 1.73. The molecule has 0 aromatic rings. The molecule has 1 nitrogen and oxygen atoms in total. The molecule has 0 atom stereocenters. The first kappa shape index (κ1) is 5.58. The Balaban J connectivity index is 3.52. The van der Waals surface area contributed by atoms with E-state index >= 15 is 0 Å². The molecule has 0 aromatic heterocycles. The highest BCUT2D eigenvalue weighted by Crippen LogP contribution is 2.19. The van der Waals surface area contributed by atoms with E-state index in [-0.39, 0.29) is 0 Å². The zero-order valence-corrected chi connectivity index (χ0v) is 4.32. The lowest BCUT2D eigenvalue weighted by atomic mass is 11.3. The molecule has 0 saturated heterocycles. The van der Waals surface area contributed by atoms with Gasteiger partial charge in [0.05, 0.1) is 0 Å². The molecule has 2 heteroatoms. The Morgan fingerprint density at radius 1 is 1.33 bits per heavy atom. The van der Waals surface area contributed by atoms with Gasteiger partial charge in [0.25, 0.3) is 0 Å². The van der Waals surface area contributed by atoms with Crippen molar-refractivity contribution >= 4 is 7.80 Å². The predicted molar refractivity (Wildman–Crippen MR) is 28.0 cm³/mol. The Bertz CT molecular complexity index is 75.5. The van der Waals surface area contributed by atoms with Crippen LogP contribution >= 0.6 is 7.80 Å². The Morgan fingerprint density at radius 2 is 1.67 bits per heavy atom. The standard InChI is InChI=1S/C4H6OP/c1-3-6(5)4-2/h3-4H,1-2H2. The van der Waals surface area contributed by atoms with E-state index in [4.69, 9.17) is 0 Å². The summed E-state index contributed by atoms with van der Waals surface area (Å²) in [6.07, 6.45) is 0. The number of hydrogen-bond donors (Lipinski definition) is 0. The van der Waals surface area contributed by atoms with E-state index in [9.17, 15) is 4.57 Å². The van der Waals surface area contributed by atoms with Crippen molar-refractivity contribution in [2.45, 2.75) is 0 Å². The summed E-state index contributed by atoms with van der Waals surface area (Å²) < 4.78 is 10.1. The average Bonchev–Trinajstić information content (AvgIpc) is 1.65. The third-order valence-electron chi connectivity index (χ3n) is 0.360. The first-order chi connectivity index (χ1) is 2.81. The van der Waals surface area contributed by atoms with Gasteiger partial charge in [-0.25, -0.2) is 0 Å². The van der Waals surface area contributed by atoms with Gasteiger partial charge in [0.2, 0.25) is 0 Å². The van der Waals surface area contributed by atoms with Gasteiger partial charge in [-0.2, -0.15) is 0 Å². The molecule has 6 heavy (non-hydrogen) atoms. The van der Waals surface area contributed by atoms with Gasteiger partial charge in [0, 0.05) is 0 Å². The summed E-state index contributed by atoms with van der Waals surface area (Å²) in [5.74, 6) is 2.73. The second-order valence-corrected chi connectivity index (χ2v) is 2.18. The monoisotopic (exact) mass is 101 g/mol. The zero-order valence-electron chi connectivity index (χ0n) is 3.42. The number of hydrogen-bond acceptors (Lipinski definition) is 1. The first-order valence-electron chi connectivity index (χ1n) is 1.52. The molecule has 0 aliphatic rings. The molecule has 0 bridgehead atoms. The van der Waals surface area contributed by atoms with Crippen molar-refractivity contribution in [3.8, 4) is 0 Å². The van der Waals surface area contributed by atoms with Gasteiger partial charge in [-0.05, 0) is 11.6 Å². The molecule has 0 fully saturated rings. The van der Waals surface area contributed by atoms with Crippen LogP contribution in [0.2, 0.25) is 0 Å². The van der Waals surface area contributed by atoms with Gasteiger partial charge in [0.1, 0.15) is 7.80 Å². The maximum Gasteiger partial charge on any atom is 0.120 e. The van der Waals surface area contributed by atoms with Gasteiger partial charge in [-0.15, -0.1) is 0 Å². The van der Waals surface area contributed by atoms with Crippen molar-refractivity contribution in [3.05, 3.63) is 24.8 Å². The lowest BCUT2D eigenvalue weighted by molar-refractivity contribution is 0.597. The van der Waals surface area contributed by atoms with E-state index in [0.717, 1.165) is 0 Å². The fraction of sp³-hybridized carbons (Fsp3) is 0. The summed E-state index contributed by atoms with van der Waals surface area (Å²) >= 11 is 0. The zero-order chi connectivity index (χ0) is 4.99. The molecule has 0 heterocycles. The third-order valence-corrected chi connectivity index (χ3v) is 1.08. The molecule has 0 amide bonds. The predicted octanol–water partition coefficient (Wildman–Crippen LogP) is 2.10. The molecule has 0 rings (SSSR count). The Morgan fingerprint density at radius 3 is 1.67 bits per heavy atom. The van der Waals surface area contributed by atoms with E-state index in [0.29, 0.717) is 0 Å². The molecule has 33 valence electrons. The molecular formula is C4H6OP. The fourth-order valence-corrected chi connectivity index (χ4v) is 0.224. The normalized spacial score (nSPS) is 6.67. The van der Waals surface area contributed by atoms with E-state index < -0.39 is 7.80 Å². The topological polar surface area (TPSA) is 17.1 Å². The average molecular weight is 101 g/mol. The minimum absolute atomic E-state index is 1.30. The van der Waals surface area contributed by atoms with Crippen molar-refractivity contribution in [3.63, 3.8) is 0 Å². The summed E-state index contributed by atoms with van der Waals surface area (Å²) in [4.78, 5) is 0. The molecule has 0 saturated carbocycles. The van der Waals surface area contributed by atoms with Crippen LogP contribution in [0.4, 0.5) is 0 Å². The Hall–Kier alpha value is -0.420. The van der Waals surface area contributed by atoms with Crippen LogP contribution in [0.15, 0.2) is 24.8 Å². The summed E-state index contributed by atoms with van der Waals surface area (Å²) in [5, 5.41) is 0. The van der Waals surface area contributed by atoms with Gasteiger partial charge in [0.15, 0.2) is 0 Å². The van der Waals surface area contributed by atoms with Crippen molar-refractivity contribution in [2.24, 2.45) is 0 Å². The van der Waals surface area contributed by atoms with Crippen LogP contribution in [0.1, 0.15) is 0 Å². The SMILES string of the molecule is C=C[P](=O)C=C. The first-order valence-corrected chi connectivity index (χ1v) is 2.91. The quantitative estimate of drug-likeness (QED) is 0.487. The van der Waals surface area contributed by atoms with E-state index in [1.807, 2.05) is 0 Å². The molecule has 0 spiro atoms. The maximum atomic E-state index is 10.1. The second kappa shape index (κ2) is 2.80. The molecule has 0 unspecified atom stereocenters. The molecule has 1 radical (unpaired) electrons. The van der Waals surface area contributed by atoms with E-state index in [2.05, 4.69) is 13.2 Å². The fourth-order valence-electron chi connectivity index (χ4n) is 0.0745. The molecule has 0 N–H and O–H groups in total. The van der Waals surface area contributed by atoms with Crippen molar-refractivity contribution in [1.29, 1.82) is 0 Å². The summed E-state index contributed by atoms with van der Waals surface area (Å²) in [6, 6.07) is 0. The van der Waals surface area contributed by atoms with Gasteiger partial charge >= 0.3 is 0 Å². The minimum atomic E-state index is -1.30. The van der Waals surface area contributed by atoms with Crippen LogP contribution in [-0.4, -0.2) is 0 Å². The van der Waals surface area contributed by atoms with E-state index in [1.54, 1.807) is 0 Å². The largest absolute Gasteiger partial charge is 0.278 e. The van der Waals surface area contributed by atoms with E-state index in [1.165, 1.54) is 11.6 Å². The third kappa shape index (κ3) is 1.86. The van der Waals surface area contributed by atoms with Crippen LogP contribution in [-0.2, 0) is 4.57 Å². The maximum absolute atomic E-state index is 10.1. The van der Waals surface area contributed by atoms with Crippen molar-refractivity contribution in [1.82, 2.24) is 0 Å². The van der Waals surface area contributed by atoms with Gasteiger partial charge in [-0.1, -0.05) is 13.2 Å². The molecule has 0 aliphatic carbocycles. The summed E-state index contributed by atoms with van der Waals surface area (Å²) in [5.41, 5.74) is 0. The van der Waals surface area contributed by atoms with Crippen LogP contribution in [0.3, 0.4) is 0 Å². The lowest BCUT2D eigenvalue weighted by Crippen LogP contribution is -1.32. The minimum Gasteiger partial charge on any atom is -0.278 e. The van der Waals surface area contributed by atoms with Gasteiger partial charge in [-0.3, -0.25) is 4.57 Å². The highest BCUT2D eigenvalue weighted by atomic mass is 31.1. The summed E-state index contributed by atoms with van der Waals surface area (Å²) in [6.45, 7) is 6.55. The molecule has 0 aliphatic heterocycles. The number of rotatable bonds is 2. The molecular weight excluding hydrogens is 95.0 g/mol. The second-order valence-electron chi connectivity index (χ2n) is 0.725. The van der Waals surface area contributed by atoms with Crippen LogP contribution < -0.4 is 0 Å². The Kier molecular flexibility index (Phi) is 2.60. The van der Waals surface area contributed by atoms with Crippen molar-refractivity contribution < 1.29 is 4.57 Å². The highest BCUT2D eigenvalue weighted by molar-refractivity contribution is 7.51. The van der Waals surface area contributed by atoms with Gasteiger partial charge < -0.3 is 0 Å². The molecule has 0 aromatic carbocycles. The Labute approximate surface area is 38.2 Å². The van der Waals surface area contributed by atoms with Crippen LogP contribution in [0, 0.1) is 0 Å².